The van der Waals surface area contributed by atoms with Crippen LogP contribution >= 0.6 is 7.82 Å². The van der Waals surface area contributed by atoms with Crippen molar-refractivity contribution in [2.75, 3.05) is 47.5 Å². The fourth-order valence-corrected chi connectivity index (χ4v) is 9.42. The van der Waals surface area contributed by atoms with Gasteiger partial charge < -0.3 is 27.9 Å². The molecule has 0 amide bonds. The Hall–Kier alpha value is -3.85. The van der Waals surface area contributed by atoms with Crippen LogP contribution in [-0.4, -0.2) is 70.0 Å². The normalized spacial score (nSPS) is 14.1. The largest absolute Gasteiger partial charge is 0.756 e. The number of allylic oxidation sites excluding steroid dienone is 22. The van der Waals surface area contributed by atoms with Crippen LogP contribution in [0, 0.1) is 0 Å². The molecule has 0 saturated heterocycles. The van der Waals surface area contributed by atoms with Crippen molar-refractivity contribution in [1.82, 2.24) is 0 Å². The van der Waals surface area contributed by atoms with Crippen LogP contribution in [0.25, 0.3) is 0 Å². The molecule has 0 aromatic heterocycles. The Morgan fingerprint density at radius 1 is 0.378 bits per heavy atom. The summed E-state index contributed by atoms with van der Waals surface area (Å²) in [5, 5.41) is 0. The van der Waals surface area contributed by atoms with E-state index in [0.717, 1.165) is 128 Å². The maximum absolute atomic E-state index is 12.8. The molecule has 468 valence electrons. The zero-order valence-corrected chi connectivity index (χ0v) is 54.0. The number of nitrogens with zero attached hydrogens (tertiary/aromatic N) is 1. The number of unbranched alkanes of at least 4 members (excludes halogenated alkanes) is 23. The zero-order chi connectivity index (χ0) is 59.8. The number of likely N-dealkylation sites (N-methyl/N-ethyl adjacent to an activating group) is 1. The monoisotopic (exact) mass is 1160 g/mol. The van der Waals surface area contributed by atoms with E-state index in [9.17, 15) is 19.0 Å². The predicted molar refractivity (Wildman–Crippen MR) is 351 cm³/mol. The third-order valence-electron chi connectivity index (χ3n) is 13.7. The minimum atomic E-state index is -4.65. The summed E-state index contributed by atoms with van der Waals surface area (Å²) in [6, 6.07) is 0. The Kier molecular flexibility index (Phi) is 58.8. The zero-order valence-electron chi connectivity index (χ0n) is 53.1. The first-order valence-corrected chi connectivity index (χ1v) is 34.4. The Bertz CT molecular complexity index is 1850. The summed E-state index contributed by atoms with van der Waals surface area (Å²) in [5.74, 6) is -0.851. The fourth-order valence-electron chi connectivity index (χ4n) is 8.69. The van der Waals surface area contributed by atoms with Gasteiger partial charge in [-0.25, -0.2) is 0 Å². The number of hydrogen-bond acceptors (Lipinski definition) is 8. The number of hydrogen-bond donors (Lipinski definition) is 0. The van der Waals surface area contributed by atoms with Gasteiger partial charge in [-0.15, -0.1) is 0 Å². The summed E-state index contributed by atoms with van der Waals surface area (Å²) in [6.45, 7) is 4.00. The van der Waals surface area contributed by atoms with Crippen LogP contribution in [0.15, 0.2) is 134 Å². The van der Waals surface area contributed by atoms with Gasteiger partial charge >= 0.3 is 11.9 Å². The van der Waals surface area contributed by atoms with Crippen molar-refractivity contribution < 1.29 is 42.1 Å². The molecule has 82 heavy (non-hydrogen) atoms. The van der Waals surface area contributed by atoms with Crippen molar-refractivity contribution in [2.45, 2.75) is 264 Å². The average Bonchev–Trinajstić information content (AvgIpc) is 3.46. The molecule has 0 heterocycles. The first kappa shape index (κ1) is 78.1. The van der Waals surface area contributed by atoms with E-state index in [1.807, 2.05) is 21.1 Å². The number of phosphoric ester groups is 1. The number of carbonyl (C=O) groups excluding carboxylic acids is 2. The lowest BCUT2D eigenvalue weighted by atomic mass is 10.0. The van der Waals surface area contributed by atoms with Crippen molar-refractivity contribution in [3.8, 4) is 0 Å². The summed E-state index contributed by atoms with van der Waals surface area (Å²) in [5.41, 5.74) is 0. The van der Waals surface area contributed by atoms with Crippen LogP contribution in [0.3, 0.4) is 0 Å². The van der Waals surface area contributed by atoms with Gasteiger partial charge in [0.15, 0.2) is 6.10 Å². The van der Waals surface area contributed by atoms with E-state index in [4.69, 9.17) is 18.5 Å². The lowest BCUT2D eigenvalue weighted by Crippen LogP contribution is -2.37. The van der Waals surface area contributed by atoms with Gasteiger partial charge in [0.05, 0.1) is 27.7 Å². The maximum atomic E-state index is 12.8. The number of phosphoric acid groups is 1. The molecule has 10 heteroatoms. The van der Waals surface area contributed by atoms with Crippen molar-refractivity contribution in [2.24, 2.45) is 0 Å². The second-order valence-corrected chi connectivity index (χ2v) is 24.1. The molecule has 9 nitrogen and oxygen atoms in total. The highest BCUT2D eigenvalue weighted by Crippen LogP contribution is 2.38. The second-order valence-electron chi connectivity index (χ2n) is 22.7. The van der Waals surface area contributed by atoms with Crippen molar-refractivity contribution >= 4 is 19.8 Å². The lowest BCUT2D eigenvalue weighted by molar-refractivity contribution is -0.870. The Morgan fingerprint density at radius 2 is 0.659 bits per heavy atom. The highest BCUT2D eigenvalue weighted by molar-refractivity contribution is 7.45. The minimum Gasteiger partial charge on any atom is -0.756 e. The van der Waals surface area contributed by atoms with E-state index >= 15 is 0 Å². The van der Waals surface area contributed by atoms with Gasteiger partial charge in [-0.05, 0) is 109 Å². The van der Waals surface area contributed by atoms with E-state index in [2.05, 4.69) is 148 Å². The van der Waals surface area contributed by atoms with Gasteiger partial charge in [0.25, 0.3) is 7.82 Å². The SMILES string of the molecule is CC/C=C\C/C=C\C/C=C\C/C=C\C/C=C\C/C=C\C/C=C\CCCCCCCCCCCCCCCCCCCC(=O)OC(COC(=O)CCCCCCCC/C=C\C/C=C\C/C=C\C/C=C\CC)COP(=O)([O-])OCC[N+](C)(C)C. The molecule has 0 fully saturated rings. The van der Waals surface area contributed by atoms with Crippen LogP contribution in [-0.2, 0) is 32.7 Å². The molecular weight excluding hydrogens is 1040 g/mol. The Morgan fingerprint density at radius 3 is 0.976 bits per heavy atom. The molecule has 0 aliphatic rings. The molecular formula is C72H122NO8P. The fraction of sp³-hybridized carbons (Fsp3) is 0.667. The highest BCUT2D eigenvalue weighted by atomic mass is 31.2. The Balaban J connectivity index is 4.04. The number of ether oxygens (including phenoxy) is 2. The molecule has 0 aliphatic carbocycles. The average molecular weight is 1160 g/mol. The molecule has 0 aromatic rings. The van der Waals surface area contributed by atoms with Crippen LogP contribution in [0.1, 0.15) is 258 Å². The van der Waals surface area contributed by atoms with E-state index < -0.39 is 32.5 Å². The highest BCUT2D eigenvalue weighted by Gasteiger charge is 2.22. The van der Waals surface area contributed by atoms with Crippen LogP contribution in [0.5, 0.6) is 0 Å². The van der Waals surface area contributed by atoms with E-state index in [-0.39, 0.29) is 26.1 Å². The Labute approximate surface area is 504 Å². The van der Waals surface area contributed by atoms with Gasteiger partial charge in [0.2, 0.25) is 0 Å². The molecule has 0 spiro atoms. The second kappa shape index (κ2) is 61.7. The van der Waals surface area contributed by atoms with E-state index in [0.29, 0.717) is 23.9 Å². The molecule has 0 radical (unpaired) electrons. The summed E-state index contributed by atoms with van der Waals surface area (Å²) in [6.07, 6.45) is 89.5. The third-order valence-corrected chi connectivity index (χ3v) is 14.6. The molecule has 0 bridgehead atoms. The molecule has 0 aliphatic heterocycles. The third kappa shape index (κ3) is 65.3. The predicted octanol–water partition coefficient (Wildman–Crippen LogP) is 20.6. The van der Waals surface area contributed by atoms with Crippen LogP contribution in [0.2, 0.25) is 0 Å². The minimum absolute atomic E-state index is 0.0383. The number of rotatable bonds is 59. The summed E-state index contributed by atoms with van der Waals surface area (Å²) in [4.78, 5) is 38.0. The molecule has 0 saturated carbocycles. The summed E-state index contributed by atoms with van der Waals surface area (Å²) in [7, 11) is 1.15. The molecule has 0 rings (SSSR count). The first-order chi connectivity index (χ1) is 40.0. The maximum Gasteiger partial charge on any atom is 0.306 e. The van der Waals surface area contributed by atoms with E-state index in [1.54, 1.807) is 0 Å². The molecule has 0 aromatic carbocycles. The number of esters is 2. The van der Waals surface area contributed by atoms with Gasteiger partial charge in [-0.3, -0.25) is 14.2 Å². The smallest absolute Gasteiger partial charge is 0.306 e. The lowest BCUT2D eigenvalue weighted by Gasteiger charge is -2.28. The van der Waals surface area contributed by atoms with E-state index in [1.165, 1.54) is 89.9 Å². The van der Waals surface area contributed by atoms with Gasteiger partial charge in [0.1, 0.15) is 19.8 Å². The molecule has 0 N–H and O–H groups in total. The van der Waals surface area contributed by atoms with Gasteiger partial charge in [-0.2, -0.15) is 0 Å². The van der Waals surface area contributed by atoms with Gasteiger partial charge in [0, 0.05) is 12.8 Å². The van der Waals surface area contributed by atoms with Crippen molar-refractivity contribution in [3.05, 3.63) is 134 Å². The van der Waals surface area contributed by atoms with Crippen molar-refractivity contribution in [1.29, 1.82) is 0 Å². The summed E-state index contributed by atoms with van der Waals surface area (Å²) >= 11 is 0. The quantitative estimate of drug-likeness (QED) is 0.0195. The van der Waals surface area contributed by atoms with Crippen LogP contribution in [0.4, 0.5) is 0 Å². The van der Waals surface area contributed by atoms with Gasteiger partial charge in [-0.1, -0.05) is 270 Å². The summed E-state index contributed by atoms with van der Waals surface area (Å²) < 4.78 is 34.2. The number of quaternary nitrogens is 1. The topological polar surface area (TPSA) is 111 Å². The first-order valence-electron chi connectivity index (χ1n) is 32.9. The van der Waals surface area contributed by atoms with Crippen LogP contribution < -0.4 is 4.89 Å². The van der Waals surface area contributed by atoms with Crippen molar-refractivity contribution in [3.63, 3.8) is 0 Å². The standard InChI is InChI=1S/C72H122NO8P/c1-6-8-10-12-14-16-18-20-22-24-26-27-28-29-30-31-32-33-34-35-36-37-38-39-40-41-42-43-44-45-47-49-51-53-55-57-59-61-63-65-72(75)81-70(69-80-82(76,77)79-67-66-73(3,4)5)68-78-71(74)64-62-60-58-56-54-52-50-48-46-25-23-21-19-17-15-13-11-9-7-2/h8-11,14-17,20-23,26-27,29-30,32-33,35-36,46,48,70H,6-7,12-13,18-19,24-25,28,31,34,37-45,47,49-69H2,1-5H3/b10-8-,11-9-,16-14-,17-15-,22-20-,23-21-,27-26-,30-29-,33-32-,36-35-,48-46-. The molecule has 2 unspecified atom stereocenters. The molecule has 2 atom stereocenters. The number of carbonyl (C=O) groups is 2.